The van der Waals surface area contributed by atoms with Crippen LogP contribution in [0.25, 0.3) is 0 Å². The maximum Gasteiger partial charge on any atom is 0.0534 e. The second-order valence-electron chi connectivity index (χ2n) is 9.31. The third-order valence-electron chi connectivity index (χ3n) is 6.41. The quantitative estimate of drug-likeness (QED) is 0.222. The molecule has 3 heteroatoms. The summed E-state index contributed by atoms with van der Waals surface area (Å²) in [7, 11) is 0. The Hall–Kier alpha value is -0.120. The van der Waals surface area contributed by atoms with E-state index in [-0.39, 0.29) is 25.7 Å². The molecule has 0 saturated carbocycles. The highest BCUT2D eigenvalue weighted by molar-refractivity contribution is 4.82. The van der Waals surface area contributed by atoms with Crippen molar-refractivity contribution in [1.82, 2.24) is 0 Å². The van der Waals surface area contributed by atoms with E-state index >= 15 is 0 Å². The molecule has 0 aromatic rings. The lowest BCUT2D eigenvalue weighted by atomic mass is 9.75. The number of aliphatic hydroxyl groups is 3. The molecule has 0 bridgehead atoms. The summed E-state index contributed by atoms with van der Waals surface area (Å²) in [4.78, 5) is 0. The molecular weight excluding hydrogens is 336 g/mol. The molecule has 0 aliphatic carbocycles. The van der Waals surface area contributed by atoms with Crippen molar-refractivity contribution in [1.29, 1.82) is 0 Å². The first-order valence-electron chi connectivity index (χ1n) is 11.8. The molecule has 27 heavy (non-hydrogen) atoms. The average molecular weight is 387 g/mol. The smallest absolute Gasteiger partial charge is 0.0534 e. The Balaban J connectivity index is 3.36. The van der Waals surface area contributed by atoms with Crippen LogP contribution in [0.3, 0.4) is 0 Å². The van der Waals surface area contributed by atoms with Crippen molar-refractivity contribution < 1.29 is 15.3 Å². The molecule has 0 rings (SSSR count). The number of hydrogen-bond donors (Lipinski definition) is 3. The van der Waals surface area contributed by atoms with Crippen molar-refractivity contribution in [2.45, 2.75) is 117 Å². The molecular formula is C24H50O3. The van der Waals surface area contributed by atoms with E-state index in [1.165, 1.54) is 83.5 Å². The molecule has 3 N–H and O–H groups in total. The first-order chi connectivity index (χ1) is 13.0. The zero-order valence-corrected chi connectivity index (χ0v) is 18.7. The summed E-state index contributed by atoms with van der Waals surface area (Å²) in [6.07, 6.45) is 20.0. The van der Waals surface area contributed by atoms with Gasteiger partial charge in [-0.15, -0.1) is 0 Å². The molecule has 1 atom stereocenters. The van der Waals surface area contributed by atoms with Crippen LogP contribution in [0.4, 0.5) is 0 Å². The summed E-state index contributed by atoms with van der Waals surface area (Å²) in [5, 5.41) is 28.4. The van der Waals surface area contributed by atoms with E-state index in [0.717, 1.165) is 18.8 Å². The van der Waals surface area contributed by atoms with Crippen molar-refractivity contribution >= 4 is 0 Å². The summed E-state index contributed by atoms with van der Waals surface area (Å²) in [6, 6.07) is 0. The van der Waals surface area contributed by atoms with E-state index in [9.17, 15) is 15.3 Å². The average Bonchev–Trinajstić information content (AvgIpc) is 2.66. The van der Waals surface area contributed by atoms with Gasteiger partial charge in [0.25, 0.3) is 0 Å². The first-order valence-corrected chi connectivity index (χ1v) is 11.8. The van der Waals surface area contributed by atoms with Gasteiger partial charge in [0.05, 0.1) is 19.8 Å². The molecule has 3 nitrogen and oxygen atoms in total. The van der Waals surface area contributed by atoms with Gasteiger partial charge in [0.15, 0.2) is 0 Å². The van der Waals surface area contributed by atoms with E-state index in [1.807, 2.05) is 6.92 Å². The van der Waals surface area contributed by atoms with E-state index in [4.69, 9.17) is 0 Å². The van der Waals surface area contributed by atoms with Crippen LogP contribution in [-0.4, -0.2) is 35.1 Å². The van der Waals surface area contributed by atoms with Gasteiger partial charge in [-0.05, 0) is 18.3 Å². The Kier molecular flexibility index (Phi) is 17.9. The Morgan fingerprint density at radius 1 is 0.481 bits per heavy atom. The van der Waals surface area contributed by atoms with Gasteiger partial charge >= 0.3 is 0 Å². The van der Waals surface area contributed by atoms with Crippen molar-refractivity contribution in [2.24, 2.45) is 17.3 Å². The normalized spacial score (nSPS) is 13.4. The highest BCUT2D eigenvalue weighted by atomic mass is 16.3. The van der Waals surface area contributed by atoms with Crippen LogP contribution in [-0.2, 0) is 0 Å². The number of aliphatic hydroxyl groups excluding tert-OH is 3. The van der Waals surface area contributed by atoms with E-state index in [1.54, 1.807) is 0 Å². The topological polar surface area (TPSA) is 60.7 Å². The summed E-state index contributed by atoms with van der Waals surface area (Å²) in [5.74, 6) is 1.02. The summed E-state index contributed by atoms with van der Waals surface area (Å²) >= 11 is 0. The lowest BCUT2D eigenvalue weighted by Crippen LogP contribution is -2.40. The van der Waals surface area contributed by atoms with E-state index in [0.29, 0.717) is 0 Å². The Labute approximate surface area is 170 Å². The summed E-state index contributed by atoms with van der Waals surface area (Å²) in [6.45, 7) is 6.25. The second-order valence-corrected chi connectivity index (χ2v) is 9.31. The zero-order chi connectivity index (χ0) is 20.4. The molecule has 164 valence electrons. The van der Waals surface area contributed by atoms with Crippen LogP contribution in [0.15, 0.2) is 0 Å². The van der Waals surface area contributed by atoms with Crippen molar-refractivity contribution in [3.05, 3.63) is 0 Å². The second kappa shape index (κ2) is 17.9. The van der Waals surface area contributed by atoms with Gasteiger partial charge in [-0.3, -0.25) is 0 Å². The van der Waals surface area contributed by atoms with E-state index < -0.39 is 5.41 Å². The van der Waals surface area contributed by atoms with Crippen molar-refractivity contribution in [3.8, 4) is 0 Å². The van der Waals surface area contributed by atoms with Gasteiger partial charge in [-0.2, -0.15) is 0 Å². The van der Waals surface area contributed by atoms with Crippen LogP contribution in [0.1, 0.15) is 117 Å². The van der Waals surface area contributed by atoms with E-state index in [2.05, 4.69) is 13.8 Å². The predicted octanol–water partition coefficient (Wildman–Crippen LogP) is 6.09. The fraction of sp³-hybridized carbons (Fsp3) is 1.00. The Morgan fingerprint density at radius 2 is 0.778 bits per heavy atom. The monoisotopic (exact) mass is 386 g/mol. The van der Waals surface area contributed by atoms with Gasteiger partial charge in [0, 0.05) is 5.41 Å². The highest BCUT2D eigenvalue weighted by Gasteiger charge is 2.34. The van der Waals surface area contributed by atoms with Gasteiger partial charge in [-0.25, -0.2) is 0 Å². The van der Waals surface area contributed by atoms with Gasteiger partial charge in [-0.1, -0.05) is 111 Å². The van der Waals surface area contributed by atoms with Crippen molar-refractivity contribution in [2.75, 3.05) is 19.8 Å². The molecule has 0 fully saturated rings. The summed E-state index contributed by atoms with van der Waals surface area (Å²) in [5.41, 5.74) is -0.714. The third-order valence-corrected chi connectivity index (χ3v) is 6.41. The fourth-order valence-electron chi connectivity index (χ4n) is 3.87. The molecule has 0 aromatic heterocycles. The molecule has 0 saturated heterocycles. The minimum atomic E-state index is -0.714. The lowest BCUT2D eigenvalue weighted by Gasteiger charge is -2.34. The SMILES string of the molecule is CC(C)CCCCCCCCCCCCCCCC(C)C(CO)(CO)CO. The summed E-state index contributed by atoms with van der Waals surface area (Å²) < 4.78 is 0. The fourth-order valence-corrected chi connectivity index (χ4v) is 3.87. The lowest BCUT2D eigenvalue weighted by molar-refractivity contribution is -0.0361. The Bertz CT molecular complexity index is 292. The standard InChI is InChI=1S/C24H50O3/c1-22(2)17-15-13-11-9-7-5-4-6-8-10-12-14-16-18-23(3)24(19-25,20-26)21-27/h22-23,25-27H,4-21H2,1-3H3. The molecule has 0 aromatic carbocycles. The van der Waals surface area contributed by atoms with Crippen LogP contribution in [0.2, 0.25) is 0 Å². The molecule has 1 unspecified atom stereocenters. The number of unbranched alkanes of at least 4 members (excludes halogenated alkanes) is 12. The van der Waals surface area contributed by atoms with Crippen LogP contribution in [0, 0.1) is 17.3 Å². The molecule has 0 amide bonds. The van der Waals surface area contributed by atoms with Gasteiger partial charge in [0.1, 0.15) is 0 Å². The van der Waals surface area contributed by atoms with Crippen LogP contribution < -0.4 is 0 Å². The van der Waals surface area contributed by atoms with Crippen molar-refractivity contribution in [3.63, 3.8) is 0 Å². The minimum absolute atomic E-state index is 0.140. The molecule has 0 heterocycles. The third kappa shape index (κ3) is 13.7. The zero-order valence-electron chi connectivity index (χ0n) is 18.7. The largest absolute Gasteiger partial charge is 0.396 e. The maximum absolute atomic E-state index is 9.46. The number of rotatable bonds is 20. The van der Waals surface area contributed by atoms with Crippen LogP contribution >= 0.6 is 0 Å². The molecule has 0 aliphatic rings. The molecule has 0 spiro atoms. The Morgan fingerprint density at radius 3 is 1.07 bits per heavy atom. The highest BCUT2D eigenvalue weighted by Crippen LogP contribution is 2.30. The number of hydrogen-bond acceptors (Lipinski definition) is 3. The maximum atomic E-state index is 9.46. The van der Waals surface area contributed by atoms with Gasteiger partial charge in [0.2, 0.25) is 0 Å². The van der Waals surface area contributed by atoms with Crippen LogP contribution in [0.5, 0.6) is 0 Å². The molecule has 0 radical (unpaired) electrons. The van der Waals surface area contributed by atoms with Gasteiger partial charge < -0.3 is 15.3 Å². The minimum Gasteiger partial charge on any atom is -0.396 e. The first kappa shape index (κ1) is 26.9. The molecule has 0 aliphatic heterocycles. The predicted molar refractivity (Wildman–Crippen MR) is 117 cm³/mol.